The van der Waals surface area contributed by atoms with Crippen molar-refractivity contribution in [3.05, 3.63) is 50.7 Å². The first kappa shape index (κ1) is 15.5. The molecule has 0 radical (unpaired) electrons. The topological polar surface area (TPSA) is 33.2 Å². The lowest BCUT2D eigenvalue weighted by Gasteiger charge is -2.34. The first-order chi connectivity index (χ1) is 12.3. The van der Waals surface area contributed by atoms with Crippen LogP contribution >= 0.6 is 22.7 Å². The minimum atomic E-state index is 0.135. The molecule has 1 aliphatic heterocycles. The number of thiophene rings is 1. The third-order valence-corrected chi connectivity index (χ3v) is 7.68. The van der Waals surface area contributed by atoms with Crippen LogP contribution in [0.4, 0.5) is 0 Å². The summed E-state index contributed by atoms with van der Waals surface area (Å²) in [5.74, 6) is 0.211. The maximum Gasteiger partial charge on any atom is 0.264 e. The Kier molecular flexibility index (Phi) is 3.86. The molecule has 2 aromatic heterocycles. The van der Waals surface area contributed by atoms with E-state index in [1.165, 1.54) is 28.0 Å². The molecule has 0 saturated carbocycles. The molecular weight excluding hydrogens is 348 g/mol. The lowest BCUT2D eigenvalue weighted by Crippen LogP contribution is -2.38. The second-order valence-corrected chi connectivity index (χ2v) is 9.14. The summed E-state index contributed by atoms with van der Waals surface area (Å²) in [7, 11) is 0. The fourth-order valence-electron chi connectivity index (χ4n) is 4.04. The predicted molar refractivity (Wildman–Crippen MR) is 104 cm³/mol. The van der Waals surface area contributed by atoms with Gasteiger partial charge in [0.05, 0.1) is 21.1 Å². The second kappa shape index (κ2) is 6.22. The zero-order valence-electron chi connectivity index (χ0n) is 14.0. The van der Waals surface area contributed by atoms with Crippen molar-refractivity contribution in [2.24, 2.45) is 0 Å². The molecule has 1 amide bonds. The molecule has 3 nitrogen and oxygen atoms in total. The number of fused-ring (bicyclic) bond motifs is 2. The van der Waals surface area contributed by atoms with Crippen LogP contribution in [-0.4, -0.2) is 22.3 Å². The number of carbonyl (C=O) groups excluding carboxylic acids is 1. The van der Waals surface area contributed by atoms with Crippen LogP contribution in [-0.2, 0) is 12.8 Å². The number of hydrogen-bond acceptors (Lipinski definition) is 4. The number of rotatable bonds is 2. The predicted octanol–water partition coefficient (Wildman–Crippen LogP) is 5.21. The molecule has 5 heteroatoms. The average molecular weight is 369 g/mol. The number of amides is 1. The van der Waals surface area contributed by atoms with Crippen molar-refractivity contribution >= 4 is 38.8 Å². The first-order valence-corrected chi connectivity index (χ1v) is 10.7. The number of carbonyl (C=O) groups is 1. The summed E-state index contributed by atoms with van der Waals surface area (Å²) in [6.07, 6.45) is 6.82. The van der Waals surface area contributed by atoms with E-state index in [9.17, 15) is 4.79 Å². The molecule has 25 heavy (non-hydrogen) atoms. The van der Waals surface area contributed by atoms with Gasteiger partial charge >= 0.3 is 0 Å². The van der Waals surface area contributed by atoms with Crippen LogP contribution < -0.4 is 0 Å². The van der Waals surface area contributed by atoms with Crippen molar-refractivity contribution in [1.29, 1.82) is 0 Å². The molecular formula is C20H20N2OS2. The fourth-order valence-corrected chi connectivity index (χ4v) is 6.36. The molecule has 0 bridgehead atoms. The molecule has 1 fully saturated rings. The monoisotopic (exact) mass is 368 g/mol. The van der Waals surface area contributed by atoms with E-state index in [1.54, 1.807) is 22.7 Å². The van der Waals surface area contributed by atoms with Crippen LogP contribution in [0, 0.1) is 0 Å². The van der Waals surface area contributed by atoms with Crippen molar-refractivity contribution < 1.29 is 4.79 Å². The van der Waals surface area contributed by atoms with Gasteiger partial charge in [-0.15, -0.1) is 22.7 Å². The molecule has 0 N–H and O–H groups in total. The molecule has 1 unspecified atom stereocenters. The first-order valence-electron chi connectivity index (χ1n) is 9.07. The number of piperidine rings is 1. The Bertz CT molecular complexity index is 888. The summed E-state index contributed by atoms with van der Waals surface area (Å²) < 4.78 is 1.21. The van der Waals surface area contributed by atoms with Gasteiger partial charge in [-0.1, -0.05) is 12.1 Å². The van der Waals surface area contributed by atoms with Crippen LogP contribution in [0.15, 0.2) is 30.3 Å². The van der Waals surface area contributed by atoms with Crippen molar-refractivity contribution in [3.63, 3.8) is 0 Å². The Labute approximate surface area is 155 Å². The lowest BCUT2D eigenvalue weighted by molar-refractivity contribution is 0.0616. The van der Waals surface area contributed by atoms with E-state index in [0.29, 0.717) is 0 Å². The molecule has 0 spiro atoms. The van der Waals surface area contributed by atoms with E-state index in [1.807, 2.05) is 6.07 Å². The van der Waals surface area contributed by atoms with Gasteiger partial charge in [0.25, 0.3) is 5.91 Å². The highest BCUT2D eigenvalue weighted by Gasteiger charge is 2.32. The minimum Gasteiger partial charge on any atom is -0.328 e. The zero-order valence-corrected chi connectivity index (χ0v) is 15.7. The SMILES string of the molecule is O=C(c1cc2c(s1)CCC2)N1CCCCC1c1nc2ccccc2s1. The Morgan fingerprint density at radius 1 is 1.12 bits per heavy atom. The van der Waals surface area contributed by atoms with Crippen molar-refractivity contribution in [3.8, 4) is 0 Å². The Morgan fingerprint density at radius 3 is 2.92 bits per heavy atom. The van der Waals surface area contributed by atoms with Gasteiger partial charge in [-0.2, -0.15) is 0 Å². The summed E-state index contributed by atoms with van der Waals surface area (Å²) in [5.41, 5.74) is 2.46. The summed E-state index contributed by atoms with van der Waals surface area (Å²) in [6.45, 7) is 0.849. The average Bonchev–Trinajstić information content (AvgIpc) is 3.34. The van der Waals surface area contributed by atoms with Gasteiger partial charge in [-0.05, 0) is 62.3 Å². The van der Waals surface area contributed by atoms with Gasteiger partial charge in [0.2, 0.25) is 0 Å². The third-order valence-electron chi connectivity index (χ3n) is 5.32. The second-order valence-electron chi connectivity index (χ2n) is 6.94. The molecule has 1 saturated heterocycles. The van der Waals surface area contributed by atoms with Crippen molar-refractivity contribution in [2.45, 2.75) is 44.6 Å². The summed E-state index contributed by atoms with van der Waals surface area (Å²) in [6, 6.07) is 10.6. The fraction of sp³-hybridized carbons (Fsp3) is 0.400. The number of aryl methyl sites for hydroxylation is 2. The summed E-state index contributed by atoms with van der Waals surface area (Å²) in [5, 5.41) is 1.10. The number of benzene rings is 1. The van der Waals surface area contributed by atoms with E-state index in [4.69, 9.17) is 4.98 Å². The lowest BCUT2D eigenvalue weighted by atomic mass is 10.0. The van der Waals surface area contributed by atoms with Crippen molar-refractivity contribution in [2.75, 3.05) is 6.54 Å². The Hall–Kier alpha value is -1.72. The molecule has 2 aliphatic rings. The van der Waals surface area contributed by atoms with Crippen LogP contribution in [0.5, 0.6) is 0 Å². The Balaban J connectivity index is 1.48. The number of nitrogens with zero attached hydrogens (tertiary/aromatic N) is 2. The van der Waals surface area contributed by atoms with Crippen LogP contribution in [0.3, 0.4) is 0 Å². The van der Waals surface area contributed by atoms with Crippen LogP contribution in [0.1, 0.15) is 56.8 Å². The third kappa shape index (κ3) is 2.70. The number of thiazole rings is 1. The van der Waals surface area contributed by atoms with Crippen LogP contribution in [0.2, 0.25) is 0 Å². The maximum atomic E-state index is 13.2. The summed E-state index contributed by atoms with van der Waals surface area (Å²) in [4.78, 5) is 22.5. The molecule has 3 heterocycles. The van der Waals surface area contributed by atoms with Gasteiger partial charge in [0.1, 0.15) is 5.01 Å². The molecule has 1 atom stereocenters. The van der Waals surface area contributed by atoms with E-state index >= 15 is 0 Å². The van der Waals surface area contributed by atoms with Crippen molar-refractivity contribution in [1.82, 2.24) is 9.88 Å². The van der Waals surface area contributed by atoms with Gasteiger partial charge in [0.15, 0.2) is 0 Å². The Morgan fingerprint density at radius 2 is 2.04 bits per heavy atom. The van der Waals surface area contributed by atoms with Gasteiger partial charge < -0.3 is 4.90 Å². The largest absolute Gasteiger partial charge is 0.328 e. The smallest absolute Gasteiger partial charge is 0.264 e. The zero-order chi connectivity index (χ0) is 16.8. The number of hydrogen-bond donors (Lipinski definition) is 0. The molecule has 128 valence electrons. The quantitative estimate of drug-likeness (QED) is 0.622. The maximum absolute atomic E-state index is 13.2. The van der Waals surface area contributed by atoms with Gasteiger partial charge in [0, 0.05) is 11.4 Å². The number of para-hydroxylation sites is 1. The standard InChI is InChI=1S/C20H20N2OS2/c23-20(18-12-13-6-5-10-16(13)24-18)22-11-4-3-8-15(22)19-21-14-7-1-2-9-17(14)25-19/h1-2,7,9,12,15H,3-6,8,10-11H2. The number of aromatic nitrogens is 1. The van der Waals surface area contributed by atoms with E-state index in [-0.39, 0.29) is 11.9 Å². The normalized spacial score (nSPS) is 20.2. The molecule has 5 rings (SSSR count). The molecule has 3 aromatic rings. The highest BCUT2D eigenvalue weighted by molar-refractivity contribution is 7.18. The minimum absolute atomic E-state index is 0.135. The van der Waals surface area contributed by atoms with E-state index < -0.39 is 0 Å². The van der Waals surface area contributed by atoms with Gasteiger partial charge in [-0.25, -0.2) is 4.98 Å². The number of likely N-dealkylation sites (tertiary alicyclic amines) is 1. The van der Waals surface area contributed by atoms with E-state index in [2.05, 4.69) is 29.2 Å². The summed E-state index contributed by atoms with van der Waals surface area (Å²) >= 11 is 3.46. The van der Waals surface area contributed by atoms with Gasteiger partial charge in [-0.3, -0.25) is 4.79 Å². The van der Waals surface area contributed by atoms with E-state index in [0.717, 1.165) is 47.6 Å². The highest BCUT2D eigenvalue weighted by Crippen LogP contribution is 2.38. The highest BCUT2D eigenvalue weighted by atomic mass is 32.1. The molecule has 1 aromatic carbocycles. The van der Waals surface area contributed by atoms with Crippen LogP contribution in [0.25, 0.3) is 10.2 Å². The molecule has 1 aliphatic carbocycles.